The van der Waals surface area contributed by atoms with E-state index in [1.54, 1.807) is 41.2 Å². The van der Waals surface area contributed by atoms with Crippen LogP contribution in [0.3, 0.4) is 0 Å². The molecule has 1 aromatic carbocycles. The number of rotatable bonds is 5. The standard InChI is InChI=1S/C18H14N6O2/c25-18(15-3-1-10-26-15)23-14-6-4-13(5-7-14)22-16-11-17(20-12-19-16)24-9-2-8-21-24/h1-12H,(H,23,25)(H,19,20,22). The predicted octanol–water partition coefficient (Wildman–Crippen LogP) is 3.25. The summed E-state index contributed by atoms with van der Waals surface area (Å²) in [4.78, 5) is 20.3. The molecule has 4 rings (SSSR count). The summed E-state index contributed by atoms with van der Waals surface area (Å²) >= 11 is 0. The number of aromatic nitrogens is 4. The lowest BCUT2D eigenvalue weighted by atomic mass is 10.2. The Morgan fingerprint density at radius 1 is 1.04 bits per heavy atom. The molecule has 0 unspecified atom stereocenters. The van der Waals surface area contributed by atoms with Gasteiger partial charge < -0.3 is 15.1 Å². The summed E-state index contributed by atoms with van der Waals surface area (Å²) in [7, 11) is 0. The molecule has 0 radical (unpaired) electrons. The fraction of sp³-hybridized carbons (Fsp3) is 0. The van der Waals surface area contributed by atoms with Crippen LogP contribution in [-0.2, 0) is 0 Å². The first-order chi connectivity index (χ1) is 12.8. The molecule has 0 spiro atoms. The van der Waals surface area contributed by atoms with Crippen molar-refractivity contribution in [2.24, 2.45) is 0 Å². The Bertz CT molecular complexity index is 995. The lowest BCUT2D eigenvalue weighted by Crippen LogP contribution is -2.10. The second-order valence-electron chi connectivity index (χ2n) is 5.35. The first-order valence-electron chi connectivity index (χ1n) is 7.82. The van der Waals surface area contributed by atoms with Crippen LogP contribution in [0.15, 0.2) is 77.9 Å². The highest BCUT2D eigenvalue weighted by Gasteiger charge is 2.08. The van der Waals surface area contributed by atoms with Gasteiger partial charge >= 0.3 is 0 Å². The second kappa shape index (κ2) is 6.89. The van der Waals surface area contributed by atoms with Crippen LogP contribution in [-0.4, -0.2) is 25.7 Å². The number of carbonyl (C=O) groups excluding carboxylic acids is 1. The zero-order chi connectivity index (χ0) is 17.8. The molecule has 0 aliphatic carbocycles. The van der Waals surface area contributed by atoms with E-state index in [0.29, 0.717) is 17.3 Å². The molecule has 0 saturated carbocycles. The minimum absolute atomic E-state index is 0.263. The quantitative estimate of drug-likeness (QED) is 0.576. The van der Waals surface area contributed by atoms with Gasteiger partial charge in [0.2, 0.25) is 0 Å². The zero-order valence-corrected chi connectivity index (χ0v) is 13.5. The Morgan fingerprint density at radius 3 is 2.62 bits per heavy atom. The summed E-state index contributed by atoms with van der Waals surface area (Å²) in [5.41, 5.74) is 1.49. The number of hydrogen-bond acceptors (Lipinski definition) is 6. The van der Waals surface area contributed by atoms with Gasteiger partial charge in [-0.2, -0.15) is 5.10 Å². The first-order valence-corrected chi connectivity index (χ1v) is 7.82. The fourth-order valence-electron chi connectivity index (χ4n) is 2.33. The molecular formula is C18H14N6O2. The minimum atomic E-state index is -0.296. The number of hydrogen-bond donors (Lipinski definition) is 2. The summed E-state index contributed by atoms with van der Waals surface area (Å²) in [6.07, 6.45) is 6.42. The van der Waals surface area contributed by atoms with Gasteiger partial charge in [0.15, 0.2) is 11.6 Å². The highest BCUT2D eigenvalue weighted by Crippen LogP contribution is 2.19. The monoisotopic (exact) mass is 346 g/mol. The first kappa shape index (κ1) is 15.6. The van der Waals surface area contributed by atoms with Crippen molar-refractivity contribution in [1.29, 1.82) is 0 Å². The molecule has 8 heteroatoms. The maximum absolute atomic E-state index is 12.0. The number of nitrogens with one attached hydrogen (secondary N) is 2. The van der Waals surface area contributed by atoms with E-state index in [4.69, 9.17) is 4.42 Å². The highest BCUT2D eigenvalue weighted by molar-refractivity contribution is 6.02. The van der Waals surface area contributed by atoms with Crippen molar-refractivity contribution in [3.8, 4) is 5.82 Å². The minimum Gasteiger partial charge on any atom is -0.459 e. The van der Waals surface area contributed by atoms with Gasteiger partial charge in [-0.15, -0.1) is 0 Å². The molecular weight excluding hydrogens is 332 g/mol. The SMILES string of the molecule is O=C(Nc1ccc(Nc2cc(-n3cccn3)ncn2)cc1)c1ccco1. The third-order valence-corrected chi connectivity index (χ3v) is 3.55. The molecule has 0 aliphatic heterocycles. The van der Waals surface area contributed by atoms with Crippen LogP contribution in [0.5, 0.6) is 0 Å². The Balaban J connectivity index is 1.44. The summed E-state index contributed by atoms with van der Waals surface area (Å²) < 4.78 is 6.72. The van der Waals surface area contributed by atoms with Gasteiger partial charge in [-0.1, -0.05) is 0 Å². The number of nitrogens with zero attached hydrogens (tertiary/aromatic N) is 4. The largest absolute Gasteiger partial charge is 0.459 e. The van der Waals surface area contributed by atoms with Crippen molar-refractivity contribution in [3.63, 3.8) is 0 Å². The summed E-state index contributed by atoms with van der Waals surface area (Å²) in [6.45, 7) is 0. The van der Waals surface area contributed by atoms with E-state index >= 15 is 0 Å². The number of furan rings is 1. The molecule has 2 N–H and O–H groups in total. The van der Waals surface area contributed by atoms with Crippen LogP contribution >= 0.6 is 0 Å². The van der Waals surface area contributed by atoms with Gasteiger partial charge in [-0.25, -0.2) is 14.6 Å². The van der Waals surface area contributed by atoms with E-state index < -0.39 is 0 Å². The van der Waals surface area contributed by atoms with Crippen LogP contribution in [0.1, 0.15) is 10.6 Å². The number of anilines is 3. The van der Waals surface area contributed by atoms with Crippen molar-refractivity contribution in [2.45, 2.75) is 0 Å². The average molecular weight is 346 g/mol. The van der Waals surface area contributed by atoms with Gasteiger partial charge in [-0.3, -0.25) is 4.79 Å². The molecule has 0 aliphatic rings. The van der Waals surface area contributed by atoms with Crippen LogP contribution < -0.4 is 10.6 Å². The van der Waals surface area contributed by atoms with Gasteiger partial charge in [0.25, 0.3) is 5.91 Å². The molecule has 0 atom stereocenters. The average Bonchev–Trinajstić information content (AvgIpc) is 3.38. The molecule has 128 valence electrons. The van der Waals surface area contributed by atoms with Crippen LogP contribution in [0, 0.1) is 0 Å². The van der Waals surface area contributed by atoms with E-state index in [9.17, 15) is 4.79 Å². The molecule has 0 fully saturated rings. The highest BCUT2D eigenvalue weighted by atomic mass is 16.3. The normalized spacial score (nSPS) is 10.5. The van der Waals surface area contributed by atoms with Crippen LogP contribution in [0.25, 0.3) is 5.82 Å². The fourth-order valence-corrected chi connectivity index (χ4v) is 2.33. The maximum Gasteiger partial charge on any atom is 0.291 e. The smallest absolute Gasteiger partial charge is 0.291 e. The third-order valence-electron chi connectivity index (χ3n) is 3.55. The lowest BCUT2D eigenvalue weighted by molar-refractivity contribution is 0.0996. The second-order valence-corrected chi connectivity index (χ2v) is 5.35. The predicted molar refractivity (Wildman–Crippen MR) is 95.5 cm³/mol. The van der Waals surface area contributed by atoms with E-state index in [1.807, 2.05) is 24.4 Å². The van der Waals surface area contributed by atoms with Gasteiger partial charge in [0.05, 0.1) is 6.26 Å². The molecule has 8 nitrogen and oxygen atoms in total. The number of carbonyl (C=O) groups is 1. The third kappa shape index (κ3) is 3.44. The van der Waals surface area contributed by atoms with Gasteiger partial charge in [-0.05, 0) is 42.5 Å². The molecule has 26 heavy (non-hydrogen) atoms. The zero-order valence-electron chi connectivity index (χ0n) is 13.5. The molecule has 3 aromatic heterocycles. The molecule has 0 bridgehead atoms. The van der Waals surface area contributed by atoms with Crippen molar-refractivity contribution < 1.29 is 9.21 Å². The topological polar surface area (TPSA) is 97.9 Å². The van der Waals surface area contributed by atoms with Gasteiger partial charge in [0, 0.05) is 29.8 Å². The van der Waals surface area contributed by atoms with Crippen LogP contribution in [0.2, 0.25) is 0 Å². The van der Waals surface area contributed by atoms with Crippen molar-refractivity contribution in [2.75, 3.05) is 10.6 Å². The summed E-state index contributed by atoms with van der Waals surface area (Å²) in [6, 6.07) is 14.2. The van der Waals surface area contributed by atoms with Crippen LogP contribution in [0.4, 0.5) is 17.2 Å². The van der Waals surface area contributed by atoms with Gasteiger partial charge in [0.1, 0.15) is 12.1 Å². The molecule has 4 aromatic rings. The van der Waals surface area contributed by atoms with Crippen molar-refractivity contribution in [1.82, 2.24) is 19.7 Å². The van der Waals surface area contributed by atoms with Crippen molar-refractivity contribution >= 4 is 23.1 Å². The molecule has 1 amide bonds. The van der Waals surface area contributed by atoms with E-state index in [-0.39, 0.29) is 11.7 Å². The Morgan fingerprint density at radius 2 is 1.88 bits per heavy atom. The van der Waals surface area contributed by atoms with E-state index in [1.165, 1.54) is 12.6 Å². The van der Waals surface area contributed by atoms with Crippen molar-refractivity contribution in [3.05, 3.63) is 79.3 Å². The molecule has 3 heterocycles. The maximum atomic E-state index is 12.0. The Hall–Kier alpha value is -3.94. The summed E-state index contributed by atoms with van der Waals surface area (Å²) in [5, 5.41) is 10.1. The number of amides is 1. The summed E-state index contributed by atoms with van der Waals surface area (Å²) in [5.74, 6) is 1.27. The van der Waals surface area contributed by atoms with E-state index in [2.05, 4.69) is 25.7 Å². The number of benzene rings is 1. The Labute approximate surface area is 148 Å². The molecule has 0 saturated heterocycles. The lowest BCUT2D eigenvalue weighted by Gasteiger charge is -2.08. The Kier molecular flexibility index (Phi) is 4.13. The van der Waals surface area contributed by atoms with E-state index in [0.717, 1.165) is 5.69 Å².